The summed E-state index contributed by atoms with van der Waals surface area (Å²) in [5.41, 5.74) is 5.85. The second-order valence-electron chi connectivity index (χ2n) is 10.5. The minimum atomic E-state index is -5.08. The van der Waals surface area contributed by atoms with E-state index in [0.29, 0.717) is 6.04 Å². The van der Waals surface area contributed by atoms with Gasteiger partial charge in [0.25, 0.3) is 0 Å². The molecule has 2 saturated heterocycles. The van der Waals surface area contributed by atoms with E-state index in [2.05, 4.69) is 67.2 Å². The summed E-state index contributed by atoms with van der Waals surface area (Å²) in [5, 5.41) is 10.6. The number of benzene rings is 2. The third-order valence-corrected chi connectivity index (χ3v) is 7.82. The van der Waals surface area contributed by atoms with Crippen LogP contribution in [-0.4, -0.2) is 78.2 Å². The lowest BCUT2D eigenvalue weighted by atomic mass is 10.1. The number of nitrogens with one attached hydrogen (secondary N) is 1. The average Bonchev–Trinajstić information content (AvgIpc) is 3.43. The van der Waals surface area contributed by atoms with Crippen LogP contribution in [0.1, 0.15) is 30.3 Å². The molecule has 0 aliphatic carbocycles. The Hall–Kier alpha value is -4.58. The largest absolute Gasteiger partial charge is 0.495 e. The number of anilines is 2. The van der Waals surface area contributed by atoms with E-state index in [-0.39, 0.29) is 0 Å². The predicted molar refractivity (Wildman–Crippen MR) is 165 cm³/mol. The summed E-state index contributed by atoms with van der Waals surface area (Å²) in [6.07, 6.45) is 5.12. The van der Waals surface area contributed by atoms with Crippen molar-refractivity contribution in [2.45, 2.75) is 25.1 Å². The summed E-state index contributed by atoms with van der Waals surface area (Å²) in [4.78, 5) is 23.2. The highest BCUT2D eigenvalue weighted by atomic mass is 19.4. The van der Waals surface area contributed by atoms with Gasteiger partial charge < -0.3 is 29.5 Å². The normalized spacial score (nSPS) is 16.2. The highest BCUT2D eigenvalue weighted by Crippen LogP contribution is 2.34. The minimum absolute atomic E-state index is 0.445. The number of carboxylic acids is 1. The maximum Gasteiger partial charge on any atom is 0.490 e. The number of pyridine rings is 1. The molecule has 0 spiro atoms. The van der Waals surface area contributed by atoms with E-state index in [9.17, 15) is 13.2 Å². The summed E-state index contributed by atoms with van der Waals surface area (Å²) >= 11 is 0. The number of piperidine rings is 1. The molecule has 12 heteroatoms. The molecular weight excluding hydrogens is 573 g/mol. The van der Waals surface area contributed by atoms with Crippen molar-refractivity contribution in [1.82, 2.24) is 19.9 Å². The van der Waals surface area contributed by atoms with Gasteiger partial charge in [-0.25, -0.2) is 9.78 Å². The van der Waals surface area contributed by atoms with Crippen LogP contribution in [0.3, 0.4) is 0 Å². The van der Waals surface area contributed by atoms with E-state index < -0.39 is 12.1 Å². The number of piperazine rings is 1. The lowest BCUT2D eigenvalue weighted by Crippen LogP contribution is -2.46. The number of aromatic nitrogens is 3. The van der Waals surface area contributed by atoms with Crippen molar-refractivity contribution in [3.8, 4) is 5.75 Å². The Labute approximate surface area is 253 Å². The van der Waals surface area contributed by atoms with Crippen LogP contribution in [0, 0.1) is 0 Å². The summed E-state index contributed by atoms with van der Waals surface area (Å²) in [7, 11) is 1.75. The zero-order valence-electron chi connectivity index (χ0n) is 24.4. The molecule has 44 heavy (non-hydrogen) atoms. The number of hydrogen-bond acceptors (Lipinski definition) is 7. The van der Waals surface area contributed by atoms with Crippen LogP contribution in [0.4, 0.5) is 24.5 Å². The number of carboxylic acid groups (broad SMARTS) is 1. The standard InChI is InChI=1S/C30H34N6O.C2HF3O2/c1-37-28-8-3-2-5-25(28)34-19-21-35(22-20-34)26-6-4-7-27-30(26)33-29(10-9-23-11-15-31-16-12-23)36(27)24-13-17-32-18-14-24;3-2(4,5)1(6)7/h2-12,15-16,24,32H,13-14,17-22H2,1H3;(H,6,7)/b10-9+;. The number of alkyl halides is 3. The first-order chi connectivity index (χ1) is 21.3. The number of carbonyl (C=O) groups is 1. The number of methoxy groups -OCH3 is 1. The molecule has 4 heterocycles. The van der Waals surface area contributed by atoms with Crippen molar-refractivity contribution >= 4 is 40.5 Å². The summed E-state index contributed by atoms with van der Waals surface area (Å²) < 4.78 is 39.8. The van der Waals surface area contributed by atoms with Crippen LogP contribution >= 0.6 is 0 Å². The van der Waals surface area contributed by atoms with E-state index in [1.165, 1.54) is 16.9 Å². The van der Waals surface area contributed by atoms with Gasteiger partial charge in [-0.2, -0.15) is 13.2 Å². The van der Waals surface area contributed by atoms with Gasteiger partial charge in [0.1, 0.15) is 17.1 Å². The molecule has 2 fully saturated rings. The van der Waals surface area contributed by atoms with Gasteiger partial charge in [-0.3, -0.25) is 4.98 Å². The summed E-state index contributed by atoms with van der Waals surface area (Å²) in [5.74, 6) is -0.796. The van der Waals surface area contributed by atoms with E-state index in [1.807, 2.05) is 36.7 Å². The number of nitrogens with zero attached hydrogens (tertiary/aromatic N) is 5. The highest BCUT2D eigenvalue weighted by Gasteiger charge is 2.38. The molecule has 232 valence electrons. The summed E-state index contributed by atoms with van der Waals surface area (Å²) in [6.45, 7) is 5.87. The lowest BCUT2D eigenvalue weighted by molar-refractivity contribution is -0.192. The molecule has 0 unspecified atom stereocenters. The minimum Gasteiger partial charge on any atom is -0.495 e. The van der Waals surface area contributed by atoms with Crippen LogP contribution in [0.2, 0.25) is 0 Å². The smallest absolute Gasteiger partial charge is 0.490 e. The van der Waals surface area contributed by atoms with Gasteiger partial charge in [0.15, 0.2) is 0 Å². The van der Waals surface area contributed by atoms with E-state index in [0.717, 1.165) is 74.8 Å². The van der Waals surface area contributed by atoms with Gasteiger partial charge in [0, 0.05) is 44.6 Å². The fourth-order valence-electron chi connectivity index (χ4n) is 5.67. The molecule has 2 aromatic carbocycles. The second-order valence-corrected chi connectivity index (χ2v) is 10.5. The molecule has 0 amide bonds. The Morgan fingerprint density at radius 3 is 2.18 bits per heavy atom. The van der Waals surface area contributed by atoms with E-state index >= 15 is 0 Å². The van der Waals surface area contributed by atoms with Crippen LogP contribution in [-0.2, 0) is 4.79 Å². The van der Waals surface area contributed by atoms with Crippen molar-refractivity contribution in [1.29, 1.82) is 0 Å². The number of rotatable bonds is 6. The van der Waals surface area contributed by atoms with Gasteiger partial charge in [-0.05, 0) is 74.0 Å². The Kier molecular flexibility index (Phi) is 9.69. The zero-order valence-corrected chi connectivity index (χ0v) is 24.4. The molecule has 0 bridgehead atoms. The third-order valence-electron chi connectivity index (χ3n) is 7.82. The van der Waals surface area contributed by atoms with E-state index in [1.54, 1.807) is 7.11 Å². The molecule has 2 aliphatic heterocycles. The Morgan fingerprint density at radius 1 is 0.932 bits per heavy atom. The zero-order chi connectivity index (χ0) is 31.1. The van der Waals surface area contributed by atoms with E-state index in [4.69, 9.17) is 19.6 Å². The summed E-state index contributed by atoms with van der Waals surface area (Å²) in [6, 6.07) is 19.5. The first kappa shape index (κ1) is 30.9. The number of ether oxygens (including phenoxy) is 1. The van der Waals surface area contributed by atoms with Gasteiger partial charge in [-0.1, -0.05) is 24.3 Å². The Bertz CT molecular complexity index is 1580. The lowest BCUT2D eigenvalue weighted by Gasteiger charge is -2.37. The maximum atomic E-state index is 10.6. The van der Waals surface area contributed by atoms with Crippen molar-refractivity contribution in [3.63, 3.8) is 0 Å². The van der Waals surface area contributed by atoms with Crippen molar-refractivity contribution < 1.29 is 27.8 Å². The quantitative estimate of drug-likeness (QED) is 0.297. The van der Waals surface area contributed by atoms with Gasteiger partial charge in [-0.15, -0.1) is 0 Å². The van der Waals surface area contributed by atoms with Crippen LogP contribution < -0.4 is 19.9 Å². The van der Waals surface area contributed by atoms with Crippen molar-refractivity contribution in [2.75, 3.05) is 56.2 Å². The molecule has 2 aromatic heterocycles. The van der Waals surface area contributed by atoms with Crippen LogP contribution in [0.5, 0.6) is 5.75 Å². The Balaban J connectivity index is 0.000000493. The fourth-order valence-corrected chi connectivity index (χ4v) is 5.67. The van der Waals surface area contributed by atoms with Gasteiger partial charge in [0.2, 0.25) is 0 Å². The average molecular weight is 609 g/mol. The highest BCUT2D eigenvalue weighted by molar-refractivity contribution is 5.91. The fraction of sp³-hybridized carbons (Fsp3) is 0.344. The molecule has 0 radical (unpaired) electrons. The number of imidazole rings is 1. The molecule has 0 saturated carbocycles. The van der Waals surface area contributed by atoms with Gasteiger partial charge in [0.05, 0.1) is 24.0 Å². The molecule has 2 aliphatic rings. The number of para-hydroxylation sites is 3. The third kappa shape index (κ3) is 7.13. The molecule has 9 nitrogen and oxygen atoms in total. The van der Waals surface area contributed by atoms with Gasteiger partial charge >= 0.3 is 12.1 Å². The van der Waals surface area contributed by atoms with Crippen LogP contribution in [0.25, 0.3) is 23.2 Å². The first-order valence-electron chi connectivity index (χ1n) is 14.5. The Morgan fingerprint density at radius 2 is 1.55 bits per heavy atom. The SMILES string of the molecule is COc1ccccc1N1CCN(c2cccc3c2nc(/C=C/c2ccncc2)n3C2CCNCC2)CC1.O=C(O)C(F)(F)F. The van der Waals surface area contributed by atoms with Crippen molar-refractivity contribution in [3.05, 3.63) is 78.4 Å². The topological polar surface area (TPSA) is 95.8 Å². The monoisotopic (exact) mass is 608 g/mol. The molecular formula is C32H35F3N6O3. The molecule has 6 rings (SSSR count). The number of hydrogen-bond donors (Lipinski definition) is 2. The second kappa shape index (κ2) is 13.8. The first-order valence-corrected chi connectivity index (χ1v) is 14.5. The predicted octanol–water partition coefficient (Wildman–Crippen LogP) is 5.49. The number of aliphatic carboxylic acids is 1. The van der Waals surface area contributed by atoms with Crippen LogP contribution in [0.15, 0.2) is 67.0 Å². The number of halogens is 3. The molecule has 2 N–H and O–H groups in total. The molecule has 0 atom stereocenters. The molecule has 4 aromatic rings. The number of fused-ring (bicyclic) bond motifs is 1. The maximum absolute atomic E-state index is 10.6. The van der Waals surface area contributed by atoms with Crippen molar-refractivity contribution in [2.24, 2.45) is 0 Å².